The van der Waals surface area contributed by atoms with E-state index in [0.717, 1.165) is 0 Å². The highest BCUT2D eigenvalue weighted by Crippen LogP contribution is 2.05. The molecule has 0 aliphatic rings. The normalized spacial score (nSPS) is 14.9. The van der Waals surface area contributed by atoms with Crippen LogP contribution in [-0.4, -0.2) is 76.6 Å². The smallest absolute Gasteiger partial charge is 0.326 e. The lowest BCUT2D eigenvalue weighted by Crippen LogP contribution is -2.58. The van der Waals surface area contributed by atoms with Gasteiger partial charge in [-0.3, -0.25) is 19.2 Å². The van der Waals surface area contributed by atoms with Gasteiger partial charge in [0.25, 0.3) is 0 Å². The Labute approximate surface area is 185 Å². The molecule has 0 aromatic rings. The van der Waals surface area contributed by atoms with Crippen LogP contribution in [0.4, 0.5) is 0 Å². The van der Waals surface area contributed by atoms with Gasteiger partial charge >= 0.3 is 5.97 Å². The van der Waals surface area contributed by atoms with E-state index < -0.39 is 60.2 Å². The number of thioether (sulfide) groups is 1. The molecule has 8 N–H and O–H groups in total. The number of carbonyl (C=O) groups excluding carboxylic acids is 4. The molecule has 0 rings (SSSR count). The van der Waals surface area contributed by atoms with Crippen molar-refractivity contribution in [2.75, 3.05) is 17.8 Å². The summed E-state index contributed by atoms with van der Waals surface area (Å²) in [6, 6.07) is -4.47. The van der Waals surface area contributed by atoms with Gasteiger partial charge in [-0.15, -0.1) is 0 Å². The van der Waals surface area contributed by atoms with Crippen LogP contribution in [0.15, 0.2) is 0 Å². The van der Waals surface area contributed by atoms with E-state index in [4.69, 9.17) is 16.6 Å². The van der Waals surface area contributed by atoms with Gasteiger partial charge in [0.05, 0.1) is 12.5 Å². The summed E-state index contributed by atoms with van der Waals surface area (Å²) in [4.78, 5) is 59.5. The second kappa shape index (κ2) is 14.1. The number of amides is 4. The molecule has 0 saturated heterocycles. The summed E-state index contributed by atoms with van der Waals surface area (Å²) in [7, 11) is 0. The Kier molecular flexibility index (Phi) is 13.2. The van der Waals surface area contributed by atoms with Gasteiger partial charge in [0.1, 0.15) is 18.1 Å². The molecule has 0 aromatic heterocycles. The van der Waals surface area contributed by atoms with Crippen molar-refractivity contribution in [2.45, 2.75) is 50.9 Å². The standard InChI is InChI=1S/C17H31N5O6S2/c1-8(2)13(19)16(26)22-11(7-29)15(25)20-9(4-5-30-3)14(24)21-10(17(27)28)6-12(18)23/h8-11,13,29H,4-7,19H2,1-3H3,(H2,18,23)(H,20,25)(H,21,24)(H,22,26)(H,27,28). The summed E-state index contributed by atoms with van der Waals surface area (Å²) in [6.07, 6.45) is 1.40. The van der Waals surface area contributed by atoms with Crippen LogP contribution in [0.25, 0.3) is 0 Å². The van der Waals surface area contributed by atoms with Crippen molar-refractivity contribution >= 4 is 54.0 Å². The number of aliphatic carboxylic acids is 1. The van der Waals surface area contributed by atoms with Crippen molar-refractivity contribution in [3.63, 3.8) is 0 Å². The molecule has 4 unspecified atom stereocenters. The minimum absolute atomic E-state index is 0.0430. The minimum Gasteiger partial charge on any atom is -0.480 e. The number of hydrogen-bond acceptors (Lipinski definition) is 8. The molecule has 0 saturated carbocycles. The Morgan fingerprint density at radius 2 is 1.47 bits per heavy atom. The highest BCUT2D eigenvalue weighted by atomic mass is 32.2. The van der Waals surface area contributed by atoms with E-state index >= 15 is 0 Å². The Bertz CT molecular complexity index is 634. The first-order chi connectivity index (χ1) is 13.9. The van der Waals surface area contributed by atoms with Crippen LogP contribution in [-0.2, 0) is 24.0 Å². The summed E-state index contributed by atoms with van der Waals surface area (Å²) in [5.41, 5.74) is 10.8. The van der Waals surface area contributed by atoms with Crippen molar-refractivity contribution in [1.82, 2.24) is 16.0 Å². The molecule has 13 heteroatoms. The number of carbonyl (C=O) groups is 5. The highest BCUT2D eigenvalue weighted by Gasteiger charge is 2.30. The quantitative estimate of drug-likeness (QED) is 0.144. The molecule has 0 spiro atoms. The van der Waals surface area contributed by atoms with E-state index in [-0.39, 0.29) is 18.1 Å². The zero-order valence-electron chi connectivity index (χ0n) is 17.2. The van der Waals surface area contributed by atoms with Crippen molar-refractivity contribution in [1.29, 1.82) is 0 Å². The minimum atomic E-state index is -1.52. The van der Waals surface area contributed by atoms with Crippen LogP contribution in [0.3, 0.4) is 0 Å². The Balaban J connectivity index is 5.25. The highest BCUT2D eigenvalue weighted by molar-refractivity contribution is 7.98. The molecule has 0 radical (unpaired) electrons. The lowest BCUT2D eigenvalue weighted by atomic mass is 10.0. The Morgan fingerprint density at radius 1 is 0.967 bits per heavy atom. The largest absolute Gasteiger partial charge is 0.480 e. The monoisotopic (exact) mass is 465 g/mol. The first-order valence-corrected chi connectivity index (χ1v) is 11.2. The number of carboxylic acid groups (broad SMARTS) is 1. The topological polar surface area (TPSA) is 194 Å². The average Bonchev–Trinajstić information content (AvgIpc) is 2.66. The second-order valence-corrected chi connectivity index (χ2v) is 8.28. The van der Waals surface area contributed by atoms with E-state index in [2.05, 4.69) is 28.6 Å². The van der Waals surface area contributed by atoms with Crippen molar-refractivity contribution in [2.24, 2.45) is 17.4 Å². The summed E-state index contributed by atoms with van der Waals surface area (Å²) in [5, 5.41) is 16.3. The van der Waals surface area contributed by atoms with Crippen LogP contribution in [0.1, 0.15) is 26.7 Å². The summed E-state index contributed by atoms with van der Waals surface area (Å²) >= 11 is 5.48. The number of thiol groups is 1. The van der Waals surface area contributed by atoms with Crippen LogP contribution in [0.5, 0.6) is 0 Å². The van der Waals surface area contributed by atoms with E-state index in [1.807, 2.05) is 0 Å². The first kappa shape index (κ1) is 28.0. The number of primary amides is 1. The molecule has 0 aromatic carbocycles. The van der Waals surface area contributed by atoms with E-state index in [1.165, 1.54) is 11.8 Å². The third-order valence-electron chi connectivity index (χ3n) is 4.10. The zero-order valence-corrected chi connectivity index (χ0v) is 18.9. The number of nitrogens with two attached hydrogens (primary N) is 2. The maximum Gasteiger partial charge on any atom is 0.326 e. The SMILES string of the molecule is CSCCC(NC(=O)C(CS)NC(=O)C(N)C(C)C)C(=O)NC(CC(N)=O)C(=O)O. The average molecular weight is 466 g/mol. The van der Waals surface area contributed by atoms with E-state index in [9.17, 15) is 24.0 Å². The van der Waals surface area contributed by atoms with Gasteiger partial charge in [0.2, 0.25) is 23.6 Å². The summed E-state index contributed by atoms with van der Waals surface area (Å²) < 4.78 is 0. The van der Waals surface area contributed by atoms with E-state index in [1.54, 1.807) is 20.1 Å². The molecule has 0 bridgehead atoms. The molecule has 172 valence electrons. The molecule has 4 amide bonds. The molecular weight excluding hydrogens is 434 g/mol. The third kappa shape index (κ3) is 10.2. The lowest BCUT2D eigenvalue weighted by molar-refractivity contribution is -0.143. The van der Waals surface area contributed by atoms with Gasteiger partial charge in [0.15, 0.2) is 0 Å². The molecule has 0 aliphatic heterocycles. The van der Waals surface area contributed by atoms with Crippen molar-refractivity contribution in [3.05, 3.63) is 0 Å². The van der Waals surface area contributed by atoms with Crippen LogP contribution in [0.2, 0.25) is 0 Å². The molecule has 0 fully saturated rings. The molecule has 0 aliphatic carbocycles. The molecule has 0 heterocycles. The fourth-order valence-corrected chi connectivity index (χ4v) is 2.94. The lowest BCUT2D eigenvalue weighted by Gasteiger charge is -2.24. The van der Waals surface area contributed by atoms with Crippen molar-refractivity contribution in [3.8, 4) is 0 Å². The molecule has 4 atom stereocenters. The van der Waals surface area contributed by atoms with Gasteiger partial charge in [-0.25, -0.2) is 4.79 Å². The first-order valence-electron chi connectivity index (χ1n) is 9.22. The second-order valence-electron chi connectivity index (χ2n) is 6.93. The molecular formula is C17H31N5O6S2. The summed E-state index contributed by atoms with van der Waals surface area (Å²) in [5.74, 6) is -4.01. The Morgan fingerprint density at radius 3 is 1.90 bits per heavy atom. The van der Waals surface area contributed by atoms with Gasteiger partial charge in [-0.2, -0.15) is 24.4 Å². The van der Waals surface area contributed by atoms with Crippen LogP contribution >= 0.6 is 24.4 Å². The van der Waals surface area contributed by atoms with Crippen molar-refractivity contribution < 1.29 is 29.1 Å². The predicted octanol–water partition coefficient (Wildman–Crippen LogP) is -1.93. The van der Waals surface area contributed by atoms with Gasteiger partial charge in [-0.05, 0) is 24.3 Å². The molecule has 30 heavy (non-hydrogen) atoms. The van der Waals surface area contributed by atoms with Gasteiger partial charge < -0.3 is 32.5 Å². The number of rotatable bonds is 14. The fourth-order valence-electron chi connectivity index (χ4n) is 2.22. The number of nitrogens with one attached hydrogen (secondary N) is 3. The maximum atomic E-state index is 12.6. The predicted molar refractivity (Wildman–Crippen MR) is 117 cm³/mol. The van der Waals surface area contributed by atoms with Crippen LogP contribution < -0.4 is 27.4 Å². The number of carboxylic acids is 1. The van der Waals surface area contributed by atoms with E-state index in [0.29, 0.717) is 5.75 Å². The summed E-state index contributed by atoms with van der Waals surface area (Å²) in [6.45, 7) is 3.52. The Hall–Kier alpha value is -1.99. The maximum absolute atomic E-state index is 12.6. The third-order valence-corrected chi connectivity index (χ3v) is 5.11. The zero-order chi connectivity index (χ0) is 23.4. The number of hydrogen-bond donors (Lipinski definition) is 7. The fraction of sp³-hybridized carbons (Fsp3) is 0.706. The van der Waals surface area contributed by atoms with Crippen LogP contribution in [0, 0.1) is 5.92 Å². The van der Waals surface area contributed by atoms with Gasteiger partial charge in [-0.1, -0.05) is 13.8 Å². The van der Waals surface area contributed by atoms with Gasteiger partial charge in [0, 0.05) is 5.75 Å². The molecule has 11 nitrogen and oxygen atoms in total.